The molecule has 0 bridgehead atoms. The van der Waals surface area contributed by atoms with Crippen molar-refractivity contribution >= 4 is 35.8 Å². The molecule has 0 spiro atoms. The Balaban J connectivity index is -0.000000247. The predicted octanol–water partition coefficient (Wildman–Crippen LogP) is 0.460. The number of esters is 3. The van der Waals surface area contributed by atoms with Crippen molar-refractivity contribution in [2.75, 3.05) is 19.8 Å². The van der Waals surface area contributed by atoms with E-state index in [9.17, 15) is 19.5 Å². The minimum Gasteiger partial charge on any atom is -0.481 e. The Morgan fingerprint density at radius 1 is 0.613 bits per heavy atom. The maximum Gasteiger partial charge on any atom is 0.339 e. The van der Waals surface area contributed by atoms with Gasteiger partial charge in [-0.3, -0.25) is 24.0 Å². The van der Waals surface area contributed by atoms with Gasteiger partial charge in [0.15, 0.2) is 5.60 Å². The molecule has 182 valence electrons. The van der Waals surface area contributed by atoms with Crippen LogP contribution in [-0.4, -0.2) is 81.7 Å². The number of carboxylic acids is 3. The smallest absolute Gasteiger partial charge is 0.339 e. The van der Waals surface area contributed by atoms with Crippen LogP contribution in [0, 0.1) is 0 Å². The molecule has 0 aliphatic heterocycles. The highest BCUT2D eigenvalue weighted by molar-refractivity contribution is 5.90. The van der Waals surface area contributed by atoms with Gasteiger partial charge in [0, 0.05) is 20.8 Å². The standard InChI is InChI=1S/C12H20O7.3C2H4O2/c1-4-17-9(13)7-12(16,11(15)19-6-3)8-10(14)18-5-2;3*1-2(3)4/h16H,4-8H2,1-3H3;3*1H3,(H,3,4). The zero-order valence-electron chi connectivity index (χ0n) is 18.5. The fourth-order valence-electron chi connectivity index (χ4n) is 1.37. The highest BCUT2D eigenvalue weighted by Gasteiger charge is 2.43. The first-order valence-electron chi connectivity index (χ1n) is 8.88. The topological polar surface area (TPSA) is 211 Å². The second-order valence-corrected chi connectivity index (χ2v) is 5.27. The Morgan fingerprint density at radius 3 is 1.03 bits per heavy atom. The second-order valence-electron chi connectivity index (χ2n) is 5.27. The number of carbonyl (C=O) groups is 6. The van der Waals surface area contributed by atoms with Crippen molar-refractivity contribution in [2.24, 2.45) is 0 Å². The Labute approximate surface area is 179 Å². The van der Waals surface area contributed by atoms with Gasteiger partial charge in [0.25, 0.3) is 17.9 Å². The fraction of sp³-hybridized carbons (Fsp3) is 0.667. The molecule has 0 aromatic carbocycles. The van der Waals surface area contributed by atoms with E-state index >= 15 is 0 Å². The number of aliphatic hydroxyl groups is 1. The summed E-state index contributed by atoms with van der Waals surface area (Å²) in [5.74, 6) is -5.12. The van der Waals surface area contributed by atoms with E-state index < -0.39 is 54.3 Å². The van der Waals surface area contributed by atoms with E-state index in [0.717, 1.165) is 20.8 Å². The van der Waals surface area contributed by atoms with E-state index in [4.69, 9.17) is 29.7 Å². The van der Waals surface area contributed by atoms with Crippen molar-refractivity contribution in [3.8, 4) is 0 Å². The largest absolute Gasteiger partial charge is 0.481 e. The Bertz CT molecular complexity index is 508. The number of carboxylic acid groups (broad SMARTS) is 3. The van der Waals surface area contributed by atoms with Crippen molar-refractivity contribution in [1.29, 1.82) is 0 Å². The van der Waals surface area contributed by atoms with Gasteiger partial charge in [-0.05, 0) is 20.8 Å². The third-order valence-corrected chi connectivity index (χ3v) is 2.14. The van der Waals surface area contributed by atoms with Crippen LogP contribution in [-0.2, 0) is 43.0 Å². The molecule has 13 nitrogen and oxygen atoms in total. The van der Waals surface area contributed by atoms with E-state index in [1.165, 1.54) is 0 Å². The van der Waals surface area contributed by atoms with Crippen molar-refractivity contribution in [1.82, 2.24) is 0 Å². The lowest BCUT2D eigenvalue weighted by Gasteiger charge is -2.23. The lowest BCUT2D eigenvalue weighted by Crippen LogP contribution is -2.44. The van der Waals surface area contributed by atoms with Crippen LogP contribution >= 0.6 is 0 Å². The summed E-state index contributed by atoms with van der Waals surface area (Å²) < 4.78 is 14.0. The highest BCUT2D eigenvalue weighted by Crippen LogP contribution is 2.19. The monoisotopic (exact) mass is 456 g/mol. The first-order valence-corrected chi connectivity index (χ1v) is 8.88. The molecule has 0 aromatic rings. The first-order chi connectivity index (χ1) is 14.1. The Hall–Kier alpha value is -3.22. The third-order valence-electron chi connectivity index (χ3n) is 2.14. The number of hydrogen-bond donors (Lipinski definition) is 4. The van der Waals surface area contributed by atoms with Gasteiger partial charge in [0.05, 0.1) is 32.7 Å². The summed E-state index contributed by atoms with van der Waals surface area (Å²) in [6.45, 7) is 8.22. The van der Waals surface area contributed by atoms with E-state index in [1.54, 1.807) is 20.8 Å². The average Bonchev–Trinajstić information content (AvgIpc) is 2.53. The van der Waals surface area contributed by atoms with Gasteiger partial charge in [0.2, 0.25) is 0 Å². The quantitative estimate of drug-likeness (QED) is 0.289. The van der Waals surface area contributed by atoms with Gasteiger partial charge in [-0.1, -0.05) is 0 Å². The maximum atomic E-state index is 11.7. The molecule has 0 saturated carbocycles. The van der Waals surface area contributed by atoms with E-state index in [2.05, 4.69) is 14.2 Å². The van der Waals surface area contributed by atoms with Crippen molar-refractivity contribution in [2.45, 2.75) is 60.0 Å². The van der Waals surface area contributed by atoms with Crippen LogP contribution < -0.4 is 0 Å². The zero-order valence-corrected chi connectivity index (χ0v) is 18.5. The minimum atomic E-state index is -2.26. The summed E-state index contributed by atoms with van der Waals surface area (Å²) in [5, 5.41) is 32.4. The molecule has 13 heteroatoms. The fourth-order valence-corrected chi connectivity index (χ4v) is 1.37. The van der Waals surface area contributed by atoms with Gasteiger partial charge in [-0.15, -0.1) is 0 Å². The normalized spacial score (nSPS) is 9.00. The second kappa shape index (κ2) is 21.5. The van der Waals surface area contributed by atoms with Gasteiger partial charge in [-0.2, -0.15) is 0 Å². The molecule has 0 aliphatic carbocycles. The molecule has 0 fully saturated rings. The highest BCUT2D eigenvalue weighted by atomic mass is 16.6. The van der Waals surface area contributed by atoms with Crippen LogP contribution in [0.3, 0.4) is 0 Å². The number of rotatable bonds is 8. The predicted molar refractivity (Wildman–Crippen MR) is 104 cm³/mol. The van der Waals surface area contributed by atoms with Crippen LogP contribution in [0.2, 0.25) is 0 Å². The Morgan fingerprint density at radius 2 is 0.839 bits per heavy atom. The number of ether oxygens (including phenoxy) is 3. The van der Waals surface area contributed by atoms with Crippen LogP contribution in [0.25, 0.3) is 0 Å². The van der Waals surface area contributed by atoms with Crippen LogP contribution in [0.4, 0.5) is 0 Å². The molecule has 0 heterocycles. The molecular weight excluding hydrogens is 424 g/mol. The maximum absolute atomic E-state index is 11.7. The molecule has 0 atom stereocenters. The zero-order chi connectivity index (χ0) is 25.6. The number of aliphatic carboxylic acids is 3. The molecule has 0 amide bonds. The molecule has 0 aliphatic rings. The molecular formula is C18H32O13. The van der Waals surface area contributed by atoms with E-state index in [0.29, 0.717) is 0 Å². The first kappa shape index (κ1) is 35.2. The summed E-state index contributed by atoms with van der Waals surface area (Å²) >= 11 is 0. The van der Waals surface area contributed by atoms with Crippen molar-refractivity contribution < 1.29 is 63.4 Å². The average molecular weight is 456 g/mol. The van der Waals surface area contributed by atoms with E-state index in [-0.39, 0.29) is 19.8 Å². The number of carbonyl (C=O) groups excluding carboxylic acids is 3. The van der Waals surface area contributed by atoms with Gasteiger partial charge < -0.3 is 34.6 Å². The Kier molecular flexibility index (Phi) is 24.4. The summed E-state index contributed by atoms with van der Waals surface area (Å²) in [6.07, 6.45) is -1.31. The molecule has 0 aromatic heterocycles. The van der Waals surface area contributed by atoms with Crippen molar-refractivity contribution in [3.05, 3.63) is 0 Å². The van der Waals surface area contributed by atoms with Gasteiger partial charge in [-0.25, -0.2) is 4.79 Å². The van der Waals surface area contributed by atoms with Crippen LogP contribution in [0.5, 0.6) is 0 Å². The SMILES string of the molecule is CC(=O)O.CC(=O)O.CC(=O)O.CCOC(=O)CC(O)(CC(=O)OCC)C(=O)OCC. The lowest BCUT2D eigenvalue weighted by atomic mass is 9.95. The molecule has 0 rings (SSSR count). The summed E-state index contributed by atoms with van der Waals surface area (Å²) in [4.78, 5) is 61.4. The summed E-state index contributed by atoms with van der Waals surface area (Å²) in [7, 11) is 0. The molecule has 4 N–H and O–H groups in total. The summed E-state index contributed by atoms with van der Waals surface area (Å²) in [6, 6.07) is 0. The molecule has 0 radical (unpaired) electrons. The number of hydrogen-bond acceptors (Lipinski definition) is 10. The van der Waals surface area contributed by atoms with Gasteiger partial charge in [0.1, 0.15) is 0 Å². The van der Waals surface area contributed by atoms with Crippen molar-refractivity contribution in [3.63, 3.8) is 0 Å². The molecule has 31 heavy (non-hydrogen) atoms. The third kappa shape index (κ3) is 34.7. The summed E-state index contributed by atoms with van der Waals surface area (Å²) in [5.41, 5.74) is -2.26. The lowest BCUT2D eigenvalue weighted by molar-refractivity contribution is -0.177. The van der Waals surface area contributed by atoms with Crippen LogP contribution in [0.1, 0.15) is 54.4 Å². The minimum absolute atomic E-state index is 0.0206. The van der Waals surface area contributed by atoms with E-state index in [1.807, 2.05) is 0 Å². The molecule has 0 saturated heterocycles. The molecule has 0 unspecified atom stereocenters. The van der Waals surface area contributed by atoms with Gasteiger partial charge >= 0.3 is 17.9 Å². The van der Waals surface area contributed by atoms with Crippen LogP contribution in [0.15, 0.2) is 0 Å².